The first-order valence-corrected chi connectivity index (χ1v) is 6.94. The summed E-state index contributed by atoms with van der Waals surface area (Å²) in [6.45, 7) is 0. The van der Waals surface area contributed by atoms with Crippen molar-refractivity contribution in [3.63, 3.8) is 0 Å². The number of nitriles is 1. The Bertz CT molecular complexity index is 648. The summed E-state index contributed by atoms with van der Waals surface area (Å²) in [5.41, 5.74) is 2.57. The van der Waals surface area contributed by atoms with E-state index in [-0.39, 0.29) is 0 Å². The molecule has 1 saturated carbocycles. The minimum absolute atomic E-state index is 0.522. The van der Waals surface area contributed by atoms with Crippen LogP contribution in [0, 0.1) is 11.3 Å². The van der Waals surface area contributed by atoms with Gasteiger partial charge in [0.15, 0.2) is 0 Å². The molecule has 4 nitrogen and oxygen atoms in total. The van der Waals surface area contributed by atoms with Gasteiger partial charge in [0.2, 0.25) is 0 Å². The van der Waals surface area contributed by atoms with Crippen LogP contribution < -0.4 is 4.74 Å². The van der Waals surface area contributed by atoms with Crippen LogP contribution in [-0.4, -0.2) is 16.9 Å². The van der Waals surface area contributed by atoms with E-state index in [1.54, 1.807) is 13.2 Å². The summed E-state index contributed by atoms with van der Waals surface area (Å²) in [6, 6.07) is 8.15. The van der Waals surface area contributed by atoms with Gasteiger partial charge in [-0.25, -0.2) is 0 Å². The van der Waals surface area contributed by atoms with Crippen molar-refractivity contribution in [1.29, 1.82) is 5.26 Å². The highest BCUT2D eigenvalue weighted by atomic mass is 16.5. The summed E-state index contributed by atoms with van der Waals surface area (Å²) in [5.74, 6) is 0.773. The van der Waals surface area contributed by atoms with Crippen molar-refractivity contribution < 1.29 is 4.74 Å². The monoisotopic (exact) mass is 267 g/mol. The van der Waals surface area contributed by atoms with Crippen molar-refractivity contribution in [3.8, 4) is 22.9 Å². The Kier molecular flexibility index (Phi) is 3.42. The van der Waals surface area contributed by atoms with E-state index >= 15 is 0 Å². The molecule has 1 aromatic carbocycles. The molecule has 3 rings (SSSR count). The van der Waals surface area contributed by atoms with E-state index in [1.807, 2.05) is 18.3 Å². The minimum atomic E-state index is 0.522. The fourth-order valence-corrected chi connectivity index (χ4v) is 2.85. The highest BCUT2D eigenvalue weighted by molar-refractivity contribution is 5.71. The number of rotatable bonds is 3. The van der Waals surface area contributed by atoms with E-state index in [0.717, 1.165) is 16.9 Å². The molecule has 4 heteroatoms. The van der Waals surface area contributed by atoms with E-state index < -0.39 is 0 Å². The molecule has 0 saturated heterocycles. The highest BCUT2D eigenvalue weighted by Gasteiger charge is 2.18. The molecule has 0 aliphatic heterocycles. The van der Waals surface area contributed by atoms with Gasteiger partial charge in [0.1, 0.15) is 5.75 Å². The molecule has 0 bridgehead atoms. The van der Waals surface area contributed by atoms with Crippen LogP contribution in [0.3, 0.4) is 0 Å². The summed E-state index contributed by atoms with van der Waals surface area (Å²) in [4.78, 5) is 0. The quantitative estimate of drug-likeness (QED) is 0.854. The number of methoxy groups -OCH3 is 1. The Labute approximate surface area is 118 Å². The Morgan fingerprint density at radius 1 is 1.35 bits per heavy atom. The highest BCUT2D eigenvalue weighted by Crippen LogP contribution is 2.33. The molecule has 102 valence electrons. The van der Waals surface area contributed by atoms with Gasteiger partial charge in [-0.3, -0.25) is 4.68 Å². The maximum absolute atomic E-state index is 9.04. The number of hydrogen-bond donors (Lipinski definition) is 0. The van der Waals surface area contributed by atoms with E-state index in [0.29, 0.717) is 11.6 Å². The third kappa shape index (κ3) is 2.27. The van der Waals surface area contributed by atoms with Crippen LogP contribution in [0.1, 0.15) is 37.3 Å². The number of nitrogens with zero attached hydrogens (tertiary/aromatic N) is 3. The van der Waals surface area contributed by atoms with Crippen molar-refractivity contribution in [1.82, 2.24) is 9.78 Å². The summed E-state index contributed by atoms with van der Waals surface area (Å²) >= 11 is 0. The average Bonchev–Trinajstić information content (AvgIpc) is 3.17. The molecular formula is C16H17N3O. The van der Waals surface area contributed by atoms with Gasteiger partial charge in [0, 0.05) is 17.3 Å². The maximum Gasteiger partial charge on any atom is 0.126 e. The molecule has 0 radical (unpaired) electrons. The number of ether oxygens (including phenoxy) is 1. The molecule has 0 amide bonds. The van der Waals surface area contributed by atoms with Gasteiger partial charge >= 0.3 is 0 Å². The van der Waals surface area contributed by atoms with Crippen LogP contribution in [0.4, 0.5) is 0 Å². The predicted octanol–water partition coefficient (Wildman–Crippen LogP) is 3.55. The zero-order valence-corrected chi connectivity index (χ0v) is 11.5. The molecule has 0 spiro atoms. The zero-order chi connectivity index (χ0) is 13.9. The van der Waals surface area contributed by atoms with Crippen LogP contribution >= 0.6 is 0 Å². The van der Waals surface area contributed by atoms with Crippen LogP contribution in [0.25, 0.3) is 11.1 Å². The topological polar surface area (TPSA) is 50.8 Å². The molecule has 1 heterocycles. The molecular weight excluding hydrogens is 250 g/mol. The van der Waals surface area contributed by atoms with Gasteiger partial charge in [-0.05, 0) is 31.0 Å². The summed E-state index contributed by atoms with van der Waals surface area (Å²) in [7, 11) is 1.65. The van der Waals surface area contributed by atoms with Gasteiger partial charge in [-0.1, -0.05) is 12.8 Å². The van der Waals surface area contributed by atoms with Crippen molar-refractivity contribution >= 4 is 0 Å². The zero-order valence-electron chi connectivity index (χ0n) is 11.5. The first-order chi connectivity index (χ1) is 9.81. The second-order valence-corrected chi connectivity index (χ2v) is 5.17. The lowest BCUT2D eigenvalue weighted by molar-refractivity contribution is 0.416. The van der Waals surface area contributed by atoms with E-state index in [2.05, 4.69) is 22.0 Å². The van der Waals surface area contributed by atoms with E-state index in [4.69, 9.17) is 10.00 Å². The van der Waals surface area contributed by atoms with Crippen molar-refractivity contribution in [2.75, 3.05) is 7.11 Å². The lowest BCUT2D eigenvalue weighted by Gasteiger charge is -2.09. The molecule has 20 heavy (non-hydrogen) atoms. The van der Waals surface area contributed by atoms with E-state index in [9.17, 15) is 0 Å². The van der Waals surface area contributed by atoms with Gasteiger partial charge in [-0.15, -0.1) is 0 Å². The number of benzene rings is 1. The van der Waals surface area contributed by atoms with Crippen LogP contribution in [-0.2, 0) is 0 Å². The SMILES string of the molecule is COc1ccc(C#N)cc1-c1cnn(C2CCCC2)c1. The summed E-state index contributed by atoms with van der Waals surface area (Å²) in [6.07, 6.45) is 8.90. The third-order valence-corrected chi connectivity index (χ3v) is 3.94. The molecule has 1 fully saturated rings. The molecule has 0 N–H and O–H groups in total. The Morgan fingerprint density at radius 2 is 2.15 bits per heavy atom. The Balaban J connectivity index is 1.98. The van der Waals surface area contributed by atoms with Crippen LogP contribution in [0.2, 0.25) is 0 Å². The second kappa shape index (κ2) is 5.38. The molecule has 2 aromatic rings. The van der Waals surface area contributed by atoms with Crippen molar-refractivity contribution in [2.45, 2.75) is 31.7 Å². The molecule has 1 aliphatic rings. The van der Waals surface area contributed by atoms with E-state index in [1.165, 1.54) is 25.7 Å². The van der Waals surface area contributed by atoms with Crippen LogP contribution in [0.5, 0.6) is 5.75 Å². The fourth-order valence-electron chi connectivity index (χ4n) is 2.85. The number of aromatic nitrogens is 2. The second-order valence-electron chi connectivity index (χ2n) is 5.17. The molecule has 1 aliphatic carbocycles. The predicted molar refractivity (Wildman–Crippen MR) is 76.4 cm³/mol. The summed E-state index contributed by atoms with van der Waals surface area (Å²) in [5, 5.41) is 13.5. The molecule has 0 atom stereocenters. The van der Waals surface area contributed by atoms with Gasteiger partial charge in [-0.2, -0.15) is 10.4 Å². The van der Waals surface area contributed by atoms with Crippen molar-refractivity contribution in [3.05, 3.63) is 36.2 Å². The maximum atomic E-state index is 9.04. The lowest BCUT2D eigenvalue weighted by atomic mass is 10.1. The van der Waals surface area contributed by atoms with Crippen molar-refractivity contribution in [2.24, 2.45) is 0 Å². The Morgan fingerprint density at radius 3 is 2.85 bits per heavy atom. The van der Waals surface area contributed by atoms with Gasteiger partial charge in [0.25, 0.3) is 0 Å². The number of hydrogen-bond acceptors (Lipinski definition) is 3. The summed E-state index contributed by atoms with van der Waals surface area (Å²) < 4.78 is 7.44. The first kappa shape index (κ1) is 12.7. The smallest absolute Gasteiger partial charge is 0.126 e. The lowest BCUT2D eigenvalue weighted by Crippen LogP contribution is -2.04. The Hall–Kier alpha value is -2.28. The average molecular weight is 267 g/mol. The standard InChI is InChI=1S/C16H17N3O/c1-20-16-7-6-12(9-17)8-15(16)13-10-18-19(11-13)14-4-2-3-5-14/h6-8,10-11,14H,2-5H2,1H3. The molecule has 0 unspecified atom stereocenters. The van der Waals surface area contributed by atoms with Gasteiger partial charge in [0.05, 0.1) is 31.0 Å². The molecule has 1 aromatic heterocycles. The van der Waals surface area contributed by atoms with Crippen LogP contribution in [0.15, 0.2) is 30.6 Å². The largest absolute Gasteiger partial charge is 0.496 e. The fraction of sp³-hybridized carbons (Fsp3) is 0.375. The van der Waals surface area contributed by atoms with Gasteiger partial charge < -0.3 is 4.74 Å². The first-order valence-electron chi connectivity index (χ1n) is 6.94. The minimum Gasteiger partial charge on any atom is -0.496 e. The third-order valence-electron chi connectivity index (χ3n) is 3.94. The normalized spacial score (nSPS) is 15.2.